The van der Waals surface area contributed by atoms with Crippen molar-refractivity contribution < 1.29 is 4.74 Å². The molecule has 0 spiro atoms. The largest absolute Gasteiger partial charge is 0.373 e. The average molecular weight is 161 g/mol. The molecule has 0 amide bonds. The second kappa shape index (κ2) is 3.50. The summed E-state index contributed by atoms with van der Waals surface area (Å²) in [5, 5.41) is 0. The molecule has 0 radical (unpaired) electrons. The van der Waals surface area contributed by atoms with Gasteiger partial charge in [0.25, 0.3) is 0 Å². The number of rotatable bonds is 1. The zero-order valence-corrected chi connectivity index (χ0v) is 6.81. The molecule has 0 saturated carbocycles. The van der Waals surface area contributed by atoms with Gasteiger partial charge in [0.2, 0.25) is 0 Å². The summed E-state index contributed by atoms with van der Waals surface area (Å²) in [5.74, 6) is 0. The van der Waals surface area contributed by atoms with E-state index in [1.54, 1.807) is 0 Å². The summed E-state index contributed by atoms with van der Waals surface area (Å²) in [6.45, 7) is 1.36. The van der Waals surface area contributed by atoms with Crippen molar-refractivity contribution in [1.29, 1.82) is 0 Å². The van der Waals surface area contributed by atoms with E-state index in [9.17, 15) is 0 Å². The molecular weight excluding hydrogens is 150 g/mol. The molecule has 0 aromatic heterocycles. The molecule has 62 valence electrons. The Morgan fingerprint density at radius 2 is 2.08 bits per heavy atom. The van der Waals surface area contributed by atoms with Crippen molar-refractivity contribution in [2.24, 2.45) is 4.99 Å². The molecule has 0 fully saturated rings. The molecule has 1 aromatic carbocycles. The van der Waals surface area contributed by atoms with Gasteiger partial charge in [-0.05, 0) is 5.56 Å². The number of nitrogens with zero attached hydrogens (tertiary/aromatic N) is 1. The molecule has 1 unspecified atom stereocenters. The van der Waals surface area contributed by atoms with Gasteiger partial charge in [-0.2, -0.15) is 0 Å². The first-order chi connectivity index (χ1) is 5.97. The maximum atomic E-state index is 5.29. The minimum Gasteiger partial charge on any atom is -0.373 e. The first kappa shape index (κ1) is 7.50. The van der Waals surface area contributed by atoms with Crippen LogP contribution in [0.25, 0.3) is 0 Å². The Morgan fingerprint density at radius 1 is 1.25 bits per heavy atom. The van der Waals surface area contributed by atoms with E-state index in [1.165, 1.54) is 5.56 Å². The van der Waals surface area contributed by atoms with E-state index in [-0.39, 0.29) is 6.04 Å². The summed E-state index contributed by atoms with van der Waals surface area (Å²) >= 11 is 0. The van der Waals surface area contributed by atoms with Crippen molar-refractivity contribution in [1.82, 2.24) is 0 Å². The van der Waals surface area contributed by atoms with Gasteiger partial charge in [0.1, 0.15) is 0 Å². The van der Waals surface area contributed by atoms with Crippen LogP contribution in [-0.4, -0.2) is 19.4 Å². The van der Waals surface area contributed by atoms with Crippen molar-refractivity contribution >= 4 is 6.21 Å². The Bertz CT molecular complexity index is 268. The second-order valence-electron chi connectivity index (χ2n) is 2.80. The number of benzene rings is 1. The minimum atomic E-state index is 0.208. The Kier molecular flexibility index (Phi) is 2.19. The SMILES string of the molecule is C1=NC(c2ccccc2)COC1. The van der Waals surface area contributed by atoms with E-state index in [1.807, 2.05) is 24.4 Å². The summed E-state index contributed by atoms with van der Waals surface area (Å²) in [6, 6.07) is 10.4. The number of aliphatic imine (C=N–C) groups is 1. The van der Waals surface area contributed by atoms with Gasteiger partial charge in [0, 0.05) is 6.21 Å². The Balaban J connectivity index is 2.19. The molecule has 0 N–H and O–H groups in total. The standard InChI is InChI=1S/C10H11NO/c1-2-4-9(5-3-1)10-8-12-7-6-11-10/h1-6,10H,7-8H2. The van der Waals surface area contributed by atoms with Crippen LogP contribution >= 0.6 is 0 Å². The molecule has 1 aliphatic rings. The average Bonchev–Trinajstić information content (AvgIpc) is 2.21. The van der Waals surface area contributed by atoms with Gasteiger partial charge in [-0.3, -0.25) is 4.99 Å². The zero-order valence-electron chi connectivity index (χ0n) is 6.81. The van der Waals surface area contributed by atoms with Crippen molar-refractivity contribution in [3.05, 3.63) is 35.9 Å². The summed E-state index contributed by atoms with van der Waals surface area (Å²) in [4.78, 5) is 4.35. The second-order valence-corrected chi connectivity index (χ2v) is 2.80. The molecule has 2 nitrogen and oxygen atoms in total. The molecule has 12 heavy (non-hydrogen) atoms. The molecule has 0 bridgehead atoms. The highest BCUT2D eigenvalue weighted by atomic mass is 16.5. The molecular formula is C10H11NO. The van der Waals surface area contributed by atoms with Crippen molar-refractivity contribution in [2.75, 3.05) is 13.2 Å². The predicted molar refractivity (Wildman–Crippen MR) is 48.5 cm³/mol. The van der Waals surface area contributed by atoms with E-state index < -0.39 is 0 Å². The van der Waals surface area contributed by atoms with Crippen molar-refractivity contribution in [3.63, 3.8) is 0 Å². The fourth-order valence-corrected chi connectivity index (χ4v) is 1.30. The van der Waals surface area contributed by atoms with Gasteiger partial charge in [-0.1, -0.05) is 30.3 Å². The number of hydrogen-bond donors (Lipinski definition) is 0. The Morgan fingerprint density at radius 3 is 2.75 bits per heavy atom. The highest BCUT2D eigenvalue weighted by Gasteiger charge is 2.10. The third-order valence-electron chi connectivity index (χ3n) is 1.94. The smallest absolute Gasteiger partial charge is 0.0979 e. The van der Waals surface area contributed by atoms with Gasteiger partial charge in [0.15, 0.2) is 0 Å². The molecule has 2 rings (SSSR count). The molecule has 1 aromatic rings. The molecule has 0 aliphatic carbocycles. The van der Waals surface area contributed by atoms with Crippen LogP contribution < -0.4 is 0 Å². The van der Waals surface area contributed by atoms with Crippen LogP contribution in [0.4, 0.5) is 0 Å². The van der Waals surface area contributed by atoms with E-state index in [0.29, 0.717) is 13.2 Å². The zero-order chi connectivity index (χ0) is 8.23. The topological polar surface area (TPSA) is 21.6 Å². The first-order valence-corrected chi connectivity index (χ1v) is 4.11. The van der Waals surface area contributed by atoms with Gasteiger partial charge in [-0.15, -0.1) is 0 Å². The summed E-state index contributed by atoms with van der Waals surface area (Å²) in [5.41, 5.74) is 1.23. The Labute approximate surface area is 71.9 Å². The minimum absolute atomic E-state index is 0.208. The quantitative estimate of drug-likeness (QED) is 0.615. The van der Waals surface area contributed by atoms with Crippen molar-refractivity contribution in [2.45, 2.75) is 6.04 Å². The van der Waals surface area contributed by atoms with Gasteiger partial charge >= 0.3 is 0 Å². The molecule has 1 atom stereocenters. The van der Waals surface area contributed by atoms with Crippen LogP contribution in [0.15, 0.2) is 35.3 Å². The molecule has 1 heterocycles. The summed E-state index contributed by atoms with van der Waals surface area (Å²) in [7, 11) is 0. The van der Waals surface area contributed by atoms with E-state index in [2.05, 4.69) is 17.1 Å². The lowest BCUT2D eigenvalue weighted by Crippen LogP contribution is -2.13. The molecule has 2 heteroatoms. The van der Waals surface area contributed by atoms with Gasteiger partial charge in [0.05, 0.1) is 19.3 Å². The monoisotopic (exact) mass is 161 g/mol. The predicted octanol–water partition coefficient (Wildman–Crippen LogP) is 1.83. The highest BCUT2D eigenvalue weighted by Crippen LogP contribution is 2.18. The van der Waals surface area contributed by atoms with Crippen LogP contribution in [0.2, 0.25) is 0 Å². The lowest BCUT2D eigenvalue weighted by atomic mass is 10.1. The number of hydrogen-bond acceptors (Lipinski definition) is 2. The number of ether oxygens (including phenoxy) is 1. The normalized spacial score (nSPS) is 22.5. The lowest BCUT2D eigenvalue weighted by Gasteiger charge is -2.16. The van der Waals surface area contributed by atoms with Crippen LogP contribution in [0.5, 0.6) is 0 Å². The van der Waals surface area contributed by atoms with Gasteiger partial charge < -0.3 is 4.74 Å². The highest BCUT2D eigenvalue weighted by molar-refractivity contribution is 5.59. The van der Waals surface area contributed by atoms with E-state index in [4.69, 9.17) is 4.74 Å². The summed E-state index contributed by atoms with van der Waals surface area (Å²) in [6.07, 6.45) is 1.83. The fraction of sp³-hybridized carbons (Fsp3) is 0.300. The third-order valence-corrected chi connectivity index (χ3v) is 1.94. The summed E-state index contributed by atoms with van der Waals surface area (Å²) < 4.78 is 5.29. The maximum absolute atomic E-state index is 5.29. The Hall–Kier alpha value is -1.15. The van der Waals surface area contributed by atoms with Crippen LogP contribution in [0, 0.1) is 0 Å². The maximum Gasteiger partial charge on any atom is 0.0979 e. The van der Waals surface area contributed by atoms with Gasteiger partial charge in [-0.25, -0.2) is 0 Å². The molecule has 0 saturated heterocycles. The van der Waals surface area contributed by atoms with E-state index >= 15 is 0 Å². The fourth-order valence-electron chi connectivity index (χ4n) is 1.30. The van der Waals surface area contributed by atoms with Crippen molar-refractivity contribution in [3.8, 4) is 0 Å². The third kappa shape index (κ3) is 1.53. The van der Waals surface area contributed by atoms with Crippen LogP contribution in [0.1, 0.15) is 11.6 Å². The first-order valence-electron chi connectivity index (χ1n) is 4.11. The van der Waals surface area contributed by atoms with E-state index in [0.717, 1.165) is 0 Å². The lowest BCUT2D eigenvalue weighted by molar-refractivity contribution is 0.148. The van der Waals surface area contributed by atoms with Crippen LogP contribution in [-0.2, 0) is 4.74 Å². The van der Waals surface area contributed by atoms with Crippen LogP contribution in [0.3, 0.4) is 0 Å². The molecule has 1 aliphatic heterocycles.